The molecule has 2 aromatic rings. The highest BCUT2D eigenvalue weighted by molar-refractivity contribution is 6.20. The number of alkyl halides is 1. The first-order chi connectivity index (χ1) is 8.08. The predicted molar refractivity (Wildman–Crippen MR) is 65.2 cm³/mol. The van der Waals surface area contributed by atoms with Gasteiger partial charge >= 0.3 is 0 Å². The van der Waals surface area contributed by atoms with Gasteiger partial charge in [-0.15, -0.1) is 11.6 Å². The molecule has 1 aromatic carbocycles. The number of aromatic nitrogens is 2. The molecule has 0 saturated carbocycles. The molecule has 2 rings (SSSR count). The summed E-state index contributed by atoms with van der Waals surface area (Å²) in [6, 6.07) is 4.55. The Bertz CT molecular complexity index is 572. The Hall–Kier alpha value is -1.75. The van der Waals surface area contributed by atoms with Crippen molar-refractivity contribution < 1.29 is 4.92 Å². The van der Waals surface area contributed by atoms with Crippen LogP contribution in [-0.4, -0.2) is 20.3 Å². The molecule has 0 amide bonds. The zero-order valence-corrected chi connectivity index (χ0v) is 9.89. The van der Waals surface area contributed by atoms with E-state index in [2.05, 4.69) is 9.97 Å². The Morgan fingerprint density at radius 1 is 1.47 bits per heavy atom. The molecule has 1 heterocycles. The van der Waals surface area contributed by atoms with Crippen LogP contribution in [0, 0.1) is 10.1 Å². The Balaban J connectivity index is 2.59. The van der Waals surface area contributed by atoms with Crippen LogP contribution in [0.1, 0.15) is 12.6 Å². The van der Waals surface area contributed by atoms with Gasteiger partial charge in [0.15, 0.2) is 0 Å². The van der Waals surface area contributed by atoms with Crippen LogP contribution in [0.5, 0.6) is 0 Å². The van der Waals surface area contributed by atoms with Crippen molar-refractivity contribution in [1.29, 1.82) is 0 Å². The molecule has 1 atom stereocenters. The van der Waals surface area contributed by atoms with Gasteiger partial charge in [0.1, 0.15) is 6.33 Å². The summed E-state index contributed by atoms with van der Waals surface area (Å²) in [4.78, 5) is 18.5. The van der Waals surface area contributed by atoms with E-state index in [0.29, 0.717) is 17.3 Å². The van der Waals surface area contributed by atoms with E-state index in [0.717, 1.165) is 5.69 Å². The topological polar surface area (TPSA) is 68.9 Å². The third kappa shape index (κ3) is 2.50. The maximum absolute atomic E-state index is 10.7. The molecule has 0 bridgehead atoms. The van der Waals surface area contributed by atoms with Crippen LogP contribution in [-0.2, 0) is 6.42 Å². The molecular formula is C11H10ClN3O2. The Morgan fingerprint density at radius 3 is 2.88 bits per heavy atom. The average Bonchev–Trinajstić information content (AvgIpc) is 2.28. The lowest BCUT2D eigenvalue weighted by Gasteiger charge is -2.05. The van der Waals surface area contributed by atoms with Crippen molar-refractivity contribution in [1.82, 2.24) is 9.97 Å². The minimum atomic E-state index is -0.430. The van der Waals surface area contributed by atoms with Crippen LogP contribution in [0.4, 0.5) is 5.69 Å². The van der Waals surface area contributed by atoms with Crippen LogP contribution in [0.15, 0.2) is 24.5 Å². The molecule has 0 aliphatic rings. The number of nitro benzene ring substituents is 1. The van der Waals surface area contributed by atoms with Gasteiger partial charge in [0.2, 0.25) is 0 Å². The number of halogens is 1. The minimum Gasteiger partial charge on any atom is -0.258 e. The zero-order chi connectivity index (χ0) is 12.4. The first-order valence-corrected chi connectivity index (χ1v) is 5.53. The number of hydrogen-bond donors (Lipinski definition) is 0. The number of rotatable bonds is 3. The Kier molecular flexibility index (Phi) is 3.19. The lowest BCUT2D eigenvalue weighted by molar-refractivity contribution is -0.384. The second-order valence-electron chi connectivity index (χ2n) is 3.76. The van der Waals surface area contributed by atoms with E-state index in [-0.39, 0.29) is 11.1 Å². The number of hydrogen-bond acceptors (Lipinski definition) is 4. The predicted octanol–water partition coefficient (Wildman–Crippen LogP) is 2.71. The van der Waals surface area contributed by atoms with Crippen molar-refractivity contribution in [3.05, 3.63) is 40.3 Å². The molecule has 17 heavy (non-hydrogen) atoms. The zero-order valence-electron chi connectivity index (χ0n) is 9.13. The SMILES string of the molecule is CC(Cl)Cc1ncnc2ccc([N+](=O)[O-])cc12. The van der Waals surface area contributed by atoms with Crippen molar-refractivity contribution in [2.45, 2.75) is 18.7 Å². The summed E-state index contributed by atoms with van der Waals surface area (Å²) in [5, 5.41) is 11.3. The molecular weight excluding hydrogens is 242 g/mol. The summed E-state index contributed by atoms with van der Waals surface area (Å²) in [5.41, 5.74) is 1.47. The van der Waals surface area contributed by atoms with E-state index in [4.69, 9.17) is 11.6 Å². The number of fused-ring (bicyclic) bond motifs is 1. The van der Waals surface area contributed by atoms with Gasteiger partial charge in [0.25, 0.3) is 5.69 Å². The fraction of sp³-hybridized carbons (Fsp3) is 0.273. The molecule has 1 aromatic heterocycles. The molecule has 0 N–H and O–H groups in total. The highest BCUT2D eigenvalue weighted by Gasteiger charge is 2.11. The molecule has 1 unspecified atom stereocenters. The van der Waals surface area contributed by atoms with Gasteiger partial charge < -0.3 is 0 Å². The molecule has 0 aliphatic heterocycles. The van der Waals surface area contributed by atoms with Crippen molar-refractivity contribution in [3.63, 3.8) is 0 Å². The number of non-ortho nitro benzene ring substituents is 1. The molecule has 0 saturated heterocycles. The normalized spacial score (nSPS) is 12.6. The highest BCUT2D eigenvalue weighted by Crippen LogP contribution is 2.22. The first kappa shape index (κ1) is 11.7. The van der Waals surface area contributed by atoms with Crippen molar-refractivity contribution in [2.75, 3.05) is 0 Å². The second kappa shape index (κ2) is 4.63. The Morgan fingerprint density at radius 2 is 2.24 bits per heavy atom. The summed E-state index contributed by atoms with van der Waals surface area (Å²) in [6.45, 7) is 1.85. The maximum atomic E-state index is 10.7. The van der Waals surface area contributed by atoms with Crippen LogP contribution < -0.4 is 0 Å². The van der Waals surface area contributed by atoms with E-state index >= 15 is 0 Å². The van der Waals surface area contributed by atoms with Crippen molar-refractivity contribution in [3.8, 4) is 0 Å². The fourth-order valence-corrected chi connectivity index (χ4v) is 1.79. The monoisotopic (exact) mass is 251 g/mol. The largest absolute Gasteiger partial charge is 0.270 e. The van der Waals surface area contributed by atoms with Crippen molar-refractivity contribution >= 4 is 28.2 Å². The van der Waals surface area contributed by atoms with Crippen molar-refractivity contribution in [2.24, 2.45) is 0 Å². The standard InChI is InChI=1S/C11H10ClN3O2/c1-7(12)4-11-9-5-8(15(16)17)2-3-10(9)13-6-14-11/h2-3,5-7H,4H2,1H3. The quantitative estimate of drug-likeness (QED) is 0.478. The third-order valence-electron chi connectivity index (χ3n) is 2.39. The molecule has 0 spiro atoms. The number of nitro groups is 1. The number of benzene rings is 1. The summed E-state index contributed by atoms with van der Waals surface area (Å²) in [5.74, 6) is 0. The molecule has 6 heteroatoms. The van der Waals surface area contributed by atoms with Gasteiger partial charge in [0.05, 0.1) is 16.1 Å². The second-order valence-corrected chi connectivity index (χ2v) is 4.51. The van der Waals surface area contributed by atoms with Crippen LogP contribution in [0.2, 0.25) is 0 Å². The molecule has 5 nitrogen and oxygen atoms in total. The van der Waals surface area contributed by atoms with Crippen LogP contribution in [0.25, 0.3) is 10.9 Å². The average molecular weight is 252 g/mol. The maximum Gasteiger partial charge on any atom is 0.270 e. The smallest absolute Gasteiger partial charge is 0.258 e. The highest BCUT2D eigenvalue weighted by atomic mass is 35.5. The lowest BCUT2D eigenvalue weighted by atomic mass is 10.1. The van der Waals surface area contributed by atoms with Gasteiger partial charge in [-0.3, -0.25) is 10.1 Å². The van der Waals surface area contributed by atoms with Gasteiger partial charge in [0, 0.05) is 29.3 Å². The lowest BCUT2D eigenvalue weighted by Crippen LogP contribution is -2.02. The minimum absolute atomic E-state index is 0.0378. The first-order valence-electron chi connectivity index (χ1n) is 5.10. The van der Waals surface area contributed by atoms with Gasteiger partial charge in [-0.05, 0) is 13.0 Å². The van der Waals surface area contributed by atoms with E-state index in [1.807, 2.05) is 6.92 Å². The van der Waals surface area contributed by atoms with Gasteiger partial charge in [-0.25, -0.2) is 9.97 Å². The van der Waals surface area contributed by atoms with Crippen LogP contribution >= 0.6 is 11.6 Å². The van der Waals surface area contributed by atoms with E-state index in [1.165, 1.54) is 18.5 Å². The Labute approximate surface area is 103 Å². The van der Waals surface area contributed by atoms with Gasteiger partial charge in [-0.2, -0.15) is 0 Å². The molecule has 0 fully saturated rings. The fourth-order valence-electron chi connectivity index (χ4n) is 1.64. The molecule has 0 aliphatic carbocycles. The molecule has 0 radical (unpaired) electrons. The summed E-state index contributed by atoms with van der Waals surface area (Å²) in [7, 11) is 0. The number of nitrogens with zero attached hydrogens (tertiary/aromatic N) is 3. The summed E-state index contributed by atoms with van der Waals surface area (Å²) >= 11 is 5.92. The van der Waals surface area contributed by atoms with E-state index < -0.39 is 4.92 Å². The molecule has 88 valence electrons. The summed E-state index contributed by atoms with van der Waals surface area (Å²) < 4.78 is 0. The van der Waals surface area contributed by atoms with Crippen LogP contribution in [0.3, 0.4) is 0 Å². The van der Waals surface area contributed by atoms with E-state index in [9.17, 15) is 10.1 Å². The van der Waals surface area contributed by atoms with Gasteiger partial charge in [-0.1, -0.05) is 0 Å². The third-order valence-corrected chi connectivity index (χ3v) is 2.54. The van der Waals surface area contributed by atoms with E-state index in [1.54, 1.807) is 6.07 Å². The summed E-state index contributed by atoms with van der Waals surface area (Å²) in [6.07, 6.45) is 2.00.